The van der Waals surface area contributed by atoms with Crippen LogP contribution in [0.1, 0.15) is 18.8 Å². The van der Waals surface area contributed by atoms with E-state index in [2.05, 4.69) is 30.5 Å². The summed E-state index contributed by atoms with van der Waals surface area (Å²) in [4.78, 5) is 12.1. The third-order valence-corrected chi connectivity index (χ3v) is 1.77. The van der Waals surface area contributed by atoms with Gasteiger partial charge in [-0.1, -0.05) is 0 Å². The number of anilines is 1. The number of aromatic nitrogens is 5. The molecule has 0 amide bonds. The molecule has 2 heterocycles. The molecule has 0 aliphatic carbocycles. The Morgan fingerprint density at radius 3 is 2.93 bits per heavy atom. The maximum atomic E-state index is 4.09. The first-order chi connectivity index (χ1) is 6.86. The molecular weight excluding hydrogens is 180 g/mol. The Hall–Kier alpha value is -1.98. The van der Waals surface area contributed by atoms with Gasteiger partial charge in [-0.3, -0.25) is 10.1 Å². The summed E-state index contributed by atoms with van der Waals surface area (Å²) in [5.41, 5.74) is 0. The van der Waals surface area contributed by atoms with Crippen molar-refractivity contribution in [3.8, 4) is 0 Å². The van der Waals surface area contributed by atoms with Crippen molar-refractivity contribution in [3.63, 3.8) is 0 Å². The Labute approximate surface area is 80.8 Å². The molecule has 0 saturated carbocycles. The van der Waals surface area contributed by atoms with Crippen LogP contribution in [0.5, 0.6) is 0 Å². The van der Waals surface area contributed by atoms with Crippen LogP contribution in [0, 0.1) is 0 Å². The van der Waals surface area contributed by atoms with E-state index in [4.69, 9.17) is 0 Å². The predicted octanol–water partition coefficient (Wildman–Crippen LogP) is 0.768. The zero-order valence-corrected chi connectivity index (χ0v) is 7.68. The molecule has 0 saturated heterocycles. The SMILES string of the molecule is CC(Nc1cnccn1)c1ncn[nH]1. The minimum atomic E-state index is 0.0363. The van der Waals surface area contributed by atoms with E-state index in [1.54, 1.807) is 18.6 Å². The molecule has 1 unspecified atom stereocenters. The lowest BCUT2D eigenvalue weighted by Gasteiger charge is -2.10. The van der Waals surface area contributed by atoms with Crippen LogP contribution in [0.15, 0.2) is 24.9 Å². The molecule has 0 bridgehead atoms. The molecule has 2 aromatic rings. The van der Waals surface area contributed by atoms with Crippen molar-refractivity contribution in [2.45, 2.75) is 13.0 Å². The topological polar surface area (TPSA) is 79.4 Å². The Balaban J connectivity index is 2.06. The highest BCUT2D eigenvalue weighted by atomic mass is 15.2. The van der Waals surface area contributed by atoms with Crippen molar-refractivity contribution in [2.75, 3.05) is 5.32 Å². The number of rotatable bonds is 3. The average Bonchev–Trinajstić information content (AvgIpc) is 2.72. The molecule has 6 nitrogen and oxygen atoms in total. The van der Waals surface area contributed by atoms with Crippen molar-refractivity contribution >= 4 is 5.82 Å². The van der Waals surface area contributed by atoms with Gasteiger partial charge in [0.2, 0.25) is 0 Å². The smallest absolute Gasteiger partial charge is 0.146 e. The van der Waals surface area contributed by atoms with Gasteiger partial charge in [-0.15, -0.1) is 0 Å². The Morgan fingerprint density at radius 1 is 1.36 bits per heavy atom. The zero-order valence-electron chi connectivity index (χ0n) is 7.68. The quantitative estimate of drug-likeness (QED) is 0.747. The van der Waals surface area contributed by atoms with E-state index in [0.29, 0.717) is 0 Å². The molecule has 2 N–H and O–H groups in total. The van der Waals surface area contributed by atoms with E-state index in [0.717, 1.165) is 11.6 Å². The van der Waals surface area contributed by atoms with E-state index in [9.17, 15) is 0 Å². The molecule has 0 aliphatic heterocycles. The second-order valence-corrected chi connectivity index (χ2v) is 2.83. The lowest BCUT2D eigenvalue weighted by Crippen LogP contribution is -2.09. The fourth-order valence-corrected chi connectivity index (χ4v) is 1.09. The standard InChI is InChI=1S/C8H10N6/c1-6(8-11-5-12-14-8)13-7-4-9-2-3-10-7/h2-6H,1H3,(H,10,13)(H,11,12,14). The number of H-pyrrole nitrogens is 1. The molecule has 0 radical (unpaired) electrons. The highest BCUT2D eigenvalue weighted by molar-refractivity contribution is 5.32. The van der Waals surface area contributed by atoms with Crippen LogP contribution in [-0.2, 0) is 0 Å². The van der Waals surface area contributed by atoms with Crippen LogP contribution >= 0.6 is 0 Å². The molecule has 6 heteroatoms. The fraction of sp³-hybridized carbons (Fsp3) is 0.250. The predicted molar refractivity (Wildman–Crippen MR) is 50.5 cm³/mol. The third-order valence-electron chi connectivity index (χ3n) is 1.77. The van der Waals surface area contributed by atoms with Gasteiger partial charge in [0, 0.05) is 12.4 Å². The van der Waals surface area contributed by atoms with Crippen LogP contribution < -0.4 is 5.32 Å². The van der Waals surface area contributed by atoms with E-state index < -0.39 is 0 Å². The summed E-state index contributed by atoms with van der Waals surface area (Å²) in [5.74, 6) is 1.49. The Morgan fingerprint density at radius 2 is 2.29 bits per heavy atom. The first-order valence-corrected chi connectivity index (χ1v) is 4.24. The molecule has 1 atom stereocenters. The summed E-state index contributed by atoms with van der Waals surface area (Å²) in [5, 5.41) is 9.69. The van der Waals surface area contributed by atoms with Crippen LogP contribution in [0.25, 0.3) is 0 Å². The van der Waals surface area contributed by atoms with Gasteiger partial charge < -0.3 is 5.32 Å². The van der Waals surface area contributed by atoms with Crippen molar-refractivity contribution in [1.82, 2.24) is 25.1 Å². The van der Waals surface area contributed by atoms with E-state index in [-0.39, 0.29) is 6.04 Å². The lowest BCUT2D eigenvalue weighted by molar-refractivity contribution is 0.789. The summed E-state index contributed by atoms with van der Waals surface area (Å²) in [6, 6.07) is 0.0363. The molecule has 0 aliphatic rings. The van der Waals surface area contributed by atoms with Crippen molar-refractivity contribution in [2.24, 2.45) is 0 Å². The van der Waals surface area contributed by atoms with Crippen molar-refractivity contribution in [3.05, 3.63) is 30.7 Å². The first-order valence-electron chi connectivity index (χ1n) is 4.24. The number of aromatic amines is 1. The minimum absolute atomic E-state index is 0.0363. The van der Waals surface area contributed by atoms with Crippen LogP contribution in [-0.4, -0.2) is 25.1 Å². The molecule has 14 heavy (non-hydrogen) atoms. The largest absolute Gasteiger partial charge is 0.359 e. The van der Waals surface area contributed by atoms with Gasteiger partial charge in [-0.2, -0.15) is 5.10 Å². The van der Waals surface area contributed by atoms with Gasteiger partial charge in [0.1, 0.15) is 18.0 Å². The van der Waals surface area contributed by atoms with Crippen LogP contribution in [0.3, 0.4) is 0 Å². The summed E-state index contributed by atoms with van der Waals surface area (Å²) in [6.07, 6.45) is 6.40. The molecule has 72 valence electrons. The average molecular weight is 190 g/mol. The molecule has 2 aromatic heterocycles. The summed E-state index contributed by atoms with van der Waals surface area (Å²) < 4.78 is 0. The van der Waals surface area contributed by atoms with Gasteiger partial charge in [0.15, 0.2) is 0 Å². The molecule has 0 aromatic carbocycles. The molecular formula is C8H10N6. The number of nitrogens with one attached hydrogen (secondary N) is 2. The number of hydrogen-bond acceptors (Lipinski definition) is 5. The van der Waals surface area contributed by atoms with E-state index >= 15 is 0 Å². The zero-order chi connectivity index (χ0) is 9.80. The van der Waals surface area contributed by atoms with Gasteiger partial charge in [0.05, 0.1) is 12.2 Å². The maximum absolute atomic E-state index is 4.09. The Kier molecular flexibility index (Phi) is 2.35. The first kappa shape index (κ1) is 8.61. The normalized spacial score (nSPS) is 12.4. The highest BCUT2D eigenvalue weighted by Crippen LogP contribution is 2.11. The minimum Gasteiger partial charge on any atom is -0.359 e. The molecule has 2 rings (SSSR count). The van der Waals surface area contributed by atoms with Crippen LogP contribution in [0.2, 0.25) is 0 Å². The Bertz CT molecular complexity index is 370. The monoisotopic (exact) mass is 190 g/mol. The lowest BCUT2D eigenvalue weighted by atomic mass is 10.3. The maximum Gasteiger partial charge on any atom is 0.146 e. The fourth-order valence-electron chi connectivity index (χ4n) is 1.09. The molecule has 0 fully saturated rings. The summed E-state index contributed by atoms with van der Waals surface area (Å²) in [7, 11) is 0. The van der Waals surface area contributed by atoms with Gasteiger partial charge in [-0.05, 0) is 6.92 Å². The highest BCUT2D eigenvalue weighted by Gasteiger charge is 2.07. The van der Waals surface area contributed by atoms with Gasteiger partial charge in [0.25, 0.3) is 0 Å². The van der Waals surface area contributed by atoms with Crippen molar-refractivity contribution in [1.29, 1.82) is 0 Å². The summed E-state index contributed by atoms with van der Waals surface area (Å²) >= 11 is 0. The summed E-state index contributed by atoms with van der Waals surface area (Å²) in [6.45, 7) is 1.97. The van der Waals surface area contributed by atoms with Gasteiger partial charge in [-0.25, -0.2) is 9.97 Å². The second kappa shape index (κ2) is 3.82. The molecule has 0 spiro atoms. The van der Waals surface area contributed by atoms with Gasteiger partial charge >= 0.3 is 0 Å². The third kappa shape index (κ3) is 1.85. The van der Waals surface area contributed by atoms with Crippen molar-refractivity contribution < 1.29 is 0 Å². The van der Waals surface area contributed by atoms with E-state index in [1.165, 1.54) is 6.33 Å². The number of hydrogen-bond donors (Lipinski definition) is 2. The number of nitrogens with zero attached hydrogens (tertiary/aromatic N) is 4. The van der Waals surface area contributed by atoms with Crippen LogP contribution in [0.4, 0.5) is 5.82 Å². The second-order valence-electron chi connectivity index (χ2n) is 2.83. The van der Waals surface area contributed by atoms with E-state index in [1.807, 2.05) is 6.92 Å².